The first-order valence-electron chi connectivity index (χ1n) is 7.84. The van der Waals surface area contributed by atoms with Gasteiger partial charge in [-0.1, -0.05) is 36.8 Å². The summed E-state index contributed by atoms with van der Waals surface area (Å²) in [6.07, 6.45) is 8.15. The van der Waals surface area contributed by atoms with Crippen LogP contribution in [0, 0.1) is 0 Å². The van der Waals surface area contributed by atoms with Gasteiger partial charge in [-0.15, -0.1) is 0 Å². The molecular formula is C17H26N2. The quantitative estimate of drug-likeness (QED) is 0.893. The van der Waals surface area contributed by atoms with Crippen LogP contribution >= 0.6 is 0 Å². The lowest BCUT2D eigenvalue weighted by Crippen LogP contribution is -2.56. The molecule has 0 aromatic heterocycles. The summed E-state index contributed by atoms with van der Waals surface area (Å²) >= 11 is 0. The Morgan fingerprint density at radius 1 is 1.11 bits per heavy atom. The third-order valence-corrected chi connectivity index (χ3v) is 5.04. The van der Waals surface area contributed by atoms with Gasteiger partial charge in [0, 0.05) is 24.7 Å². The minimum absolute atomic E-state index is 0.753. The third-order valence-electron chi connectivity index (χ3n) is 5.04. The molecule has 2 saturated heterocycles. The highest BCUT2D eigenvalue weighted by Gasteiger charge is 2.37. The molecule has 1 N–H and O–H groups in total. The first-order chi connectivity index (χ1) is 9.36. The Kier molecular flexibility index (Phi) is 4.19. The molecule has 0 aliphatic carbocycles. The van der Waals surface area contributed by atoms with Crippen LogP contribution in [-0.4, -0.2) is 36.6 Å². The van der Waals surface area contributed by atoms with Crippen LogP contribution in [0.3, 0.4) is 0 Å². The van der Waals surface area contributed by atoms with Crippen molar-refractivity contribution in [2.75, 3.05) is 13.6 Å². The van der Waals surface area contributed by atoms with E-state index >= 15 is 0 Å². The Labute approximate surface area is 117 Å². The Bertz CT molecular complexity index is 376. The van der Waals surface area contributed by atoms with Gasteiger partial charge in [0.1, 0.15) is 0 Å². The molecule has 0 amide bonds. The van der Waals surface area contributed by atoms with Crippen molar-refractivity contribution in [3.05, 3.63) is 35.9 Å². The van der Waals surface area contributed by atoms with E-state index in [2.05, 4.69) is 47.6 Å². The van der Waals surface area contributed by atoms with Crippen LogP contribution < -0.4 is 5.32 Å². The summed E-state index contributed by atoms with van der Waals surface area (Å²) in [4.78, 5) is 2.81. The average molecular weight is 258 g/mol. The number of fused-ring (bicyclic) bond motifs is 2. The lowest BCUT2D eigenvalue weighted by molar-refractivity contribution is 0.0271. The van der Waals surface area contributed by atoms with Crippen LogP contribution in [0.5, 0.6) is 0 Å². The lowest BCUT2D eigenvalue weighted by Gasteiger charge is -2.49. The molecule has 0 saturated carbocycles. The van der Waals surface area contributed by atoms with Gasteiger partial charge in [0.25, 0.3) is 0 Å². The van der Waals surface area contributed by atoms with E-state index < -0.39 is 0 Å². The average Bonchev–Trinajstić information content (AvgIpc) is 2.45. The van der Waals surface area contributed by atoms with Gasteiger partial charge in [-0.3, -0.25) is 4.90 Å². The van der Waals surface area contributed by atoms with Gasteiger partial charge in [0.15, 0.2) is 0 Å². The molecule has 19 heavy (non-hydrogen) atoms. The number of nitrogens with one attached hydrogen (secondary N) is 1. The summed E-state index contributed by atoms with van der Waals surface area (Å²) in [5.74, 6) is 0. The minimum atomic E-state index is 0.753. The number of nitrogens with zero attached hydrogens (tertiary/aromatic N) is 1. The fourth-order valence-electron chi connectivity index (χ4n) is 3.98. The molecule has 2 nitrogen and oxygen atoms in total. The van der Waals surface area contributed by atoms with E-state index in [-0.39, 0.29) is 0 Å². The Morgan fingerprint density at radius 3 is 2.42 bits per heavy atom. The molecule has 2 heterocycles. The molecule has 0 radical (unpaired) electrons. The maximum Gasteiger partial charge on any atom is 0.0113 e. The maximum atomic E-state index is 3.50. The zero-order chi connectivity index (χ0) is 13.1. The summed E-state index contributed by atoms with van der Waals surface area (Å²) in [6.45, 7) is 1.25. The van der Waals surface area contributed by atoms with Crippen molar-refractivity contribution >= 4 is 0 Å². The number of benzene rings is 1. The second-order valence-corrected chi connectivity index (χ2v) is 6.17. The van der Waals surface area contributed by atoms with Crippen molar-refractivity contribution < 1.29 is 0 Å². The monoisotopic (exact) mass is 258 g/mol. The number of hydrogen-bond acceptors (Lipinski definition) is 2. The molecule has 0 spiro atoms. The van der Waals surface area contributed by atoms with Crippen LogP contribution in [-0.2, 0) is 6.42 Å². The summed E-state index contributed by atoms with van der Waals surface area (Å²) in [7, 11) is 2.13. The van der Waals surface area contributed by atoms with Gasteiger partial charge in [-0.25, -0.2) is 0 Å². The highest BCUT2D eigenvalue weighted by atomic mass is 15.2. The second-order valence-electron chi connectivity index (χ2n) is 6.17. The van der Waals surface area contributed by atoms with E-state index in [1.165, 1.54) is 50.6 Å². The molecule has 2 unspecified atom stereocenters. The van der Waals surface area contributed by atoms with E-state index in [0.717, 1.165) is 18.1 Å². The normalized spacial score (nSPS) is 31.3. The standard InChI is InChI=1S/C17H26N2/c1-18-15-12-16-8-5-9-17(13-15)19(16)11-10-14-6-3-2-4-7-14/h2-4,6-7,15-18H,5,8-13H2,1H3. The fourth-order valence-corrected chi connectivity index (χ4v) is 3.98. The van der Waals surface area contributed by atoms with Gasteiger partial charge >= 0.3 is 0 Å². The van der Waals surface area contributed by atoms with Crippen LogP contribution in [0.4, 0.5) is 0 Å². The second kappa shape index (κ2) is 6.06. The number of hydrogen-bond donors (Lipinski definition) is 1. The molecule has 2 atom stereocenters. The van der Waals surface area contributed by atoms with Crippen LogP contribution in [0.2, 0.25) is 0 Å². The van der Waals surface area contributed by atoms with Crippen molar-refractivity contribution in [1.82, 2.24) is 10.2 Å². The Balaban J connectivity index is 1.61. The van der Waals surface area contributed by atoms with Crippen molar-refractivity contribution in [3.8, 4) is 0 Å². The molecule has 2 heteroatoms. The highest BCUT2D eigenvalue weighted by Crippen LogP contribution is 2.33. The van der Waals surface area contributed by atoms with Crippen molar-refractivity contribution in [1.29, 1.82) is 0 Å². The van der Waals surface area contributed by atoms with Crippen LogP contribution in [0.15, 0.2) is 30.3 Å². The van der Waals surface area contributed by atoms with Crippen molar-refractivity contribution in [2.45, 2.75) is 56.7 Å². The fraction of sp³-hybridized carbons (Fsp3) is 0.647. The number of piperidine rings is 2. The lowest BCUT2D eigenvalue weighted by atomic mass is 9.81. The van der Waals surface area contributed by atoms with E-state index in [1.807, 2.05) is 0 Å². The molecular weight excluding hydrogens is 232 g/mol. The largest absolute Gasteiger partial charge is 0.317 e. The summed E-state index contributed by atoms with van der Waals surface area (Å²) in [6, 6.07) is 13.3. The molecule has 2 aliphatic rings. The highest BCUT2D eigenvalue weighted by molar-refractivity contribution is 5.15. The predicted octanol–water partition coefficient (Wildman–Crippen LogP) is 2.83. The zero-order valence-corrected chi connectivity index (χ0v) is 12.0. The Morgan fingerprint density at radius 2 is 1.79 bits per heavy atom. The molecule has 2 fully saturated rings. The molecule has 2 bridgehead atoms. The summed E-state index contributed by atoms with van der Waals surface area (Å²) < 4.78 is 0. The first kappa shape index (κ1) is 13.1. The maximum absolute atomic E-state index is 3.50. The summed E-state index contributed by atoms with van der Waals surface area (Å²) in [5, 5.41) is 3.50. The molecule has 1 aromatic rings. The van der Waals surface area contributed by atoms with Crippen molar-refractivity contribution in [3.63, 3.8) is 0 Å². The van der Waals surface area contributed by atoms with Gasteiger partial charge in [0.2, 0.25) is 0 Å². The van der Waals surface area contributed by atoms with Gasteiger partial charge in [-0.2, -0.15) is 0 Å². The van der Waals surface area contributed by atoms with E-state index in [4.69, 9.17) is 0 Å². The van der Waals surface area contributed by atoms with Gasteiger partial charge in [0.05, 0.1) is 0 Å². The predicted molar refractivity (Wildman–Crippen MR) is 80.4 cm³/mol. The first-order valence-corrected chi connectivity index (χ1v) is 7.84. The molecule has 1 aromatic carbocycles. The van der Waals surface area contributed by atoms with Crippen LogP contribution in [0.1, 0.15) is 37.7 Å². The smallest absolute Gasteiger partial charge is 0.0113 e. The van der Waals surface area contributed by atoms with Crippen molar-refractivity contribution in [2.24, 2.45) is 0 Å². The summed E-state index contributed by atoms with van der Waals surface area (Å²) in [5.41, 5.74) is 1.48. The number of rotatable bonds is 4. The van der Waals surface area contributed by atoms with Crippen LogP contribution in [0.25, 0.3) is 0 Å². The van der Waals surface area contributed by atoms with Gasteiger partial charge in [-0.05, 0) is 44.7 Å². The van der Waals surface area contributed by atoms with E-state index in [1.54, 1.807) is 0 Å². The molecule has 104 valence electrons. The molecule has 3 rings (SSSR count). The molecule has 2 aliphatic heterocycles. The van der Waals surface area contributed by atoms with E-state index in [9.17, 15) is 0 Å². The Hall–Kier alpha value is -0.860. The third kappa shape index (κ3) is 3.01. The van der Waals surface area contributed by atoms with Gasteiger partial charge < -0.3 is 5.32 Å². The minimum Gasteiger partial charge on any atom is -0.317 e. The topological polar surface area (TPSA) is 15.3 Å². The SMILES string of the molecule is CNC1CC2CCCC(C1)N2CCc1ccccc1. The zero-order valence-electron chi connectivity index (χ0n) is 12.0. The van der Waals surface area contributed by atoms with E-state index in [0.29, 0.717) is 0 Å².